The number of nitrogens with zero attached hydrogens (tertiary/aromatic N) is 2. The first kappa shape index (κ1) is 21.7. The quantitative estimate of drug-likeness (QED) is 0.373. The lowest BCUT2D eigenvalue weighted by molar-refractivity contribution is 0.102. The van der Waals surface area contributed by atoms with E-state index >= 15 is 0 Å². The second-order valence-corrected chi connectivity index (χ2v) is 7.46. The molecule has 3 aromatic carbocycles. The fourth-order valence-electron chi connectivity index (χ4n) is 3.07. The van der Waals surface area contributed by atoms with Crippen LogP contribution in [0.1, 0.15) is 10.4 Å². The Bertz CT molecular complexity index is 1290. The number of halogens is 2. The lowest BCUT2D eigenvalue weighted by Gasteiger charge is -2.09. The number of hydrogen-bond donors (Lipinski definition) is 1. The first-order valence-electron chi connectivity index (χ1n) is 9.42. The van der Waals surface area contributed by atoms with E-state index in [0.29, 0.717) is 44.7 Å². The van der Waals surface area contributed by atoms with Gasteiger partial charge in [-0.25, -0.2) is 0 Å². The summed E-state index contributed by atoms with van der Waals surface area (Å²) in [7, 11) is 3.11. The number of amides is 1. The number of para-hydroxylation sites is 1. The summed E-state index contributed by atoms with van der Waals surface area (Å²) in [6.45, 7) is 0. The highest BCUT2D eigenvalue weighted by atomic mass is 35.5. The molecule has 7 nitrogen and oxygen atoms in total. The highest BCUT2D eigenvalue weighted by Crippen LogP contribution is 2.33. The molecule has 0 saturated carbocycles. The molecule has 4 rings (SSSR count). The Labute approximate surface area is 193 Å². The van der Waals surface area contributed by atoms with Gasteiger partial charge in [-0.15, -0.1) is 0 Å². The maximum atomic E-state index is 12.8. The van der Waals surface area contributed by atoms with E-state index in [1.54, 1.807) is 68.8 Å². The van der Waals surface area contributed by atoms with Crippen molar-refractivity contribution < 1.29 is 18.8 Å². The molecule has 0 aliphatic rings. The number of anilines is 1. The van der Waals surface area contributed by atoms with Gasteiger partial charge in [0.15, 0.2) is 11.5 Å². The average Bonchev–Trinajstić information content (AvgIpc) is 3.29. The Morgan fingerprint density at radius 1 is 0.969 bits per heavy atom. The van der Waals surface area contributed by atoms with Crippen LogP contribution in [0.2, 0.25) is 10.0 Å². The summed E-state index contributed by atoms with van der Waals surface area (Å²) in [4.78, 5) is 17.2. The molecule has 1 amide bonds. The van der Waals surface area contributed by atoms with Crippen molar-refractivity contribution in [3.05, 3.63) is 76.3 Å². The molecule has 0 aliphatic heterocycles. The van der Waals surface area contributed by atoms with Gasteiger partial charge in [-0.05, 0) is 48.5 Å². The van der Waals surface area contributed by atoms with Crippen LogP contribution in [0.3, 0.4) is 0 Å². The summed E-state index contributed by atoms with van der Waals surface area (Å²) in [6, 6.07) is 17.1. The lowest BCUT2D eigenvalue weighted by Crippen LogP contribution is -2.13. The average molecular weight is 470 g/mol. The van der Waals surface area contributed by atoms with Crippen molar-refractivity contribution in [1.29, 1.82) is 0 Å². The van der Waals surface area contributed by atoms with Crippen LogP contribution >= 0.6 is 23.2 Å². The number of nitrogens with one attached hydrogen (secondary N) is 1. The number of methoxy groups -OCH3 is 2. The molecule has 9 heteroatoms. The first-order valence-corrected chi connectivity index (χ1v) is 10.2. The SMILES string of the molecule is COc1ccc(-c2noc(-c3ccccc3NC(=O)c3ccc(Cl)cc3Cl)n2)cc1OC. The van der Waals surface area contributed by atoms with Gasteiger partial charge < -0.3 is 19.3 Å². The summed E-state index contributed by atoms with van der Waals surface area (Å²) in [5.41, 5.74) is 2.03. The van der Waals surface area contributed by atoms with Crippen LogP contribution in [0, 0.1) is 0 Å². The molecule has 32 heavy (non-hydrogen) atoms. The van der Waals surface area contributed by atoms with Crippen molar-refractivity contribution in [2.75, 3.05) is 19.5 Å². The van der Waals surface area contributed by atoms with Gasteiger partial charge in [0.1, 0.15) is 0 Å². The van der Waals surface area contributed by atoms with Crippen LogP contribution < -0.4 is 14.8 Å². The summed E-state index contributed by atoms with van der Waals surface area (Å²) < 4.78 is 16.1. The fraction of sp³-hybridized carbons (Fsp3) is 0.0870. The van der Waals surface area contributed by atoms with E-state index in [9.17, 15) is 4.79 Å². The minimum absolute atomic E-state index is 0.243. The van der Waals surface area contributed by atoms with E-state index in [4.69, 9.17) is 37.2 Å². The van der Waals surface area contributed by atoms with Crippen LogP contribution in [0.25, 0.3) is 22.8 Å². The number of carbonyl (C=O) groups is 1. The van der Waals surface area contributed by atoms with Crippen molar-refractivity contribution in [2.24, 2.45) is 0 Å². The summed E-state index contributed by atoms with van der Waals surface area (Å²) in [5.74, 6) is 1.35. The Morgan fingerprint density at radius 3 is 2.50 bits per heavy atom. The smallest absolute Gasteiger partial charge is 0.260 e. The topological polar surface area (TPSA) is 86.5 Å². The highest BCUT2D eigenvalue weighted by Gasteiger charge is 2.18. The Morgan fingerprint density at radius 2 is 1.75 bits per heavy atom. The maximum Gasteiger partial charge on any atom is 0.260 e. The van der Waals surface area contributed by atoms with Crippen LogP contribution in [0.5, 0.6) is 11.5 Å². The van der Waals surface area contributed by atoms with E-state index in [1.807, 2.05) is 0 Å². The standard InChI is InChI=1S/C23H17Cl2N3O4/c1-30-19-10-7-13(11-20(19)31-2)21-27-23(32-28-21)16-5-3-4-6-18(16)26-22(29)15-9-8-14(24)12-17(15)25/h3-12H,1-2H3,(H,26,29). The highest BCUT2D eigenvalue weighted by molar-refractivity contribution is 6.37. The number of ether oxygens (including phenoxy) is 2. The molecule has 0 fully saturated rings. The molecular weight excluding hydrogens is 453 g/mol. The van der Waals surface area contributed by atoms with Crippen LogP contribution in [0.15, 0.2) is 65.2 Å². The zero-order valence-corrected chi connectivity index (χ0v) is 18.6. The van der Waals surface area contributed by atoms with Crippen molar-refractivity contribution >= 4 is 34.8 Å². The van der Waals surface area contributed by atoms with Gasteiger partial charge in [-0.1, -0.05) is 40.5 Å². The van der Waals surface area contributed by atoms with Crippen molar-refractivity contribution in [1.82, 2.24) is 10.1 Å². The van der Waals surface area contributed by atoms with Gasteiger partial charge in [0, 0.05) is 10.6 Å². The number of benzene rings is 3. The minimum atomic E-state index is -0.390. The zero-order valence-electron chi connectivity index (χ0n) is 17.1. The van der Waals surface area contributed by atoms with Gasteiger partial charge in [0.05, 0.1) is 36.1 Å². The minimum Gasteiger partial charge on any atom is -0.493 e. The van der Waals surface area contributed by atoms with Gasteiger partial charge in [-0.3, -0.25) is 4.79 Å². The molecule has 0 bridgehead atoms. The Kier molecular flexibility index (Phi) is 6.30. The Balaban J connectivity index is 1.64. The molecule has 1 aromatic heterocycles. The molecule has 1 heterocycles. The predicted molar refractivity (Wildman–Crippen MR) is 123 cm³/mol. The van der Waals surface area contributed by atoms with Gasteiger partial charge in [-0.2, -0.15) is 4.98 Å². The molecule has 162 valence electrons. The number of hydrogen-bond acceptors (Lipinski definition) is 6. The number of aromatic nitrogens is 2. The van der Waals surface area contributed by atoms with Crippen molar-refractivity contribution in [3.63, 3.8) is 0 Å². The molecule has 1 N–H and O–H groups in total. The van der Waals surface area contributed by atoms with E-state index in [0.717, 1.165) is 0 Å². The van der Waals surface area contributed by atoms with Gasteiger partial charge >= 0.3 is 0 Å². The first-order chi connectivity index (χ1) is 15.5. The Hall–Kier alpha value is -3.55. The summed E-state index contributed by atoms with van der Waals surface area (Å²) in [5, 5.41) is 7.60. The summed E-state index contributed by atoms with van der Waals surface area (Å²) in [6.07, 6.45) is 0. The molecule has 0 saturated heterocycles. The van der Waals surface area contributed by atoms with E-state index in [2.05, 4.69) is 15.5 Å². The van der Waals surface area contributed by atoms with Crippen LogP contribution in [-0.4, -0.2) is 30.3 Å². The second kappa shape index (κ2) is 9.30. The predicted octanol–water partition coefficient (Wildman–Crippen LogP) is 5.98. The third-order valence-electron chi connectivity index (χ3n) is 4.65. The summed E-state index contributed by atoms with van der Waals surface area (Å²) >= 11 is 12.1. The zero-order chi connectivity index (χ0) is 22.7. The number of rotatable bonds is 6. The van der Waals surface area contributed by atoms with Crippen LogP contribution in [0.4, 0.5) is 5.69 Å². The lowest BCUT2D eigenvalue weighted by atomic mass is 10.1. The third kappa shape index (κ3) is 4.39. The van der Waals surface area contributed by atoms with Gasteiger partial charge in [0.2, 0.25) is 5.82 Å². The monoisotopic (exact) mass is 469 g/mol. The molecular formula is C23H17Cl2N3O4. The normalized spacial score (nSPS) is 10.6. The molecule has 4 aromatic rings. The van der Waals surface area contributed by atoms with E-state index < -0.39 is 5.91 Å². The molecule has 0 aliphatic carbocycles. The second-order valence-electron chi connectivity index (χ2n) is 6.62. The molecule has 0 radical (unpaired) electrons. The maximum absolute atomic E-state index is 12.8. The molecule has 0 atom stereocenters. The van der Waals surface area contributed by atoms with Gasteiger partial charge in [0.25, 0.3) is 11.8 Å². The largest absolute Gasteiger partial charge is 0.493 e. The van der Waals surface area contributed by atoms with Crippen molar-refractivity contribution in [2.45, 2.75) is 0 Å². The van der Waals surface area contributed by atoms with Crippen molar-refractivity contribution in [3.8, 4) is 34.3 Å². The van der Waals surface area contributed by atoms with E-state index in [-0.39, 0.29) is 10.9 Å². The molecule has 0 spiro atoms. The number of carbonyl (C=O) groups excluding carboxylic acids is 1. The van der Waals surface area contributed by atoms with Crippen LogP contribution in [-0.2, 0) is 0 Å². The third-order valence-corrected chi connectivity index (χ3v) is 5.20. The molecule has 0 unspecified atom stereocenters. The van der Waals surface area contributed by atoms with E-state index in [1.165, 1.54) is 6.07 Å². The fourth-order valence-corrected chi connectivity index (χ4v) is 3.56.